The molecule has 1 fully saturated rings. The fourth-order valence-electron chi connectivity index (χ4n) is 3.31. The van der Waals surface area contributed by atoms with Crippen LogP contribution in [0.15, 0.2) is 24.3 Å². The van der Waals surface area contributed by atoms with Crippen molar-refractivity contribution in [2.75, 3.05) is 44.2 Å². The second kappa shape index (κ2) is 6.33. The summed E-state index contributed by atoms with van der Waals surface area (Å²) in [5.74, 6) is 1.63. The summed E-state index contributed by atoms with van der Waals surface area (Å²) in [4.78, 5) is 14.1. The third-order valence-electron chi connectivity index (χ3n) is 4.56. The highest BCUT2D eigenvalue weighted by Gasteiger charge is 2.22. The Morgan fingerprint density at radius 3 is 2.67 bits per heavy atom. The lowest BCUT2D eigenvalue weighted by atomic mass is 10.2. The summed E-state index contributed by atoms with van der Waals surface area (Å²) in [6.07, 6.45) is 0.834. The number of hydrogen-bond acceptors (Lipinski definition) is 6. The Morgan fingerprint density at radius 2 is 1.88 bits per heavy atom. The number of aromatic nitrogens is 4. The Hall–Kier alpha value is -2.25. The van der Waals surface area contributed by atoms with Crippen LogP contribution in [0.1, 0.15) is 12.2 Å². The predicted octanol–water partition coefficient (Wildman–Crippen LogP) is 1.09. The maximum absolute atomic E-state index is 8.98. The van der Waals surface area contributed by atoms with Gasteiger partial charge >= 0.3 is 0 Å². The fraction of sp³-hybridized carbons (Fsp3) is 0.471. The Morgan fingerprint density at radius 1 is 1.08 bits per heavy atom. The van der Waals surface area contributed by atoms with Crippen LogP contribution in [0.3, 0.4) is 0 Å². The molecule has 24 heavy (non-hydrogen) atoms. The minimum absolute atomic E-state index is 0.255. The molecular weight excluding hydrogens is 304 g/mol. The van der Waals surface area contributed by atoms with Gasteiger partial charge in [0.25, 0.3) is 0 Å². The average molecular weight is 326 g/mol. The summed E-state index contributed by atoms with van der Waals surface area (Å²) in [5.41, 5.74) is 1.82. The molecule has 0 radical (unpaired) electrons. The highest BCUT2D eigenvalue weighted by atomic mass is 16.3. The Labute approximate surface area is 140 Å². The Bertz CT molecular complexity index is 853. The van der Waals surface area contributed by atoms with Crippen LogP contribution in [-0.2, 0) is 0 Å². The Kier molecular flexibility index (Phi) is 4.03. The van der Waals surface area contributed by atoms with Crippen molar-refractivity contribution in [2.24, 2.45) is 0 Å². The smallest absolute Gasteiger partial charge is 0.229 e. The molecule has 1 N–H and O–H groups in total. The number of fused-ring (bicyclic) bond motifs is 3. The van der Waals surface area contributed by atoms with E-state index in [9.17, 15) is 0 Å². The zero-order valence-corrected chi connectivity index (χ0v) is 13.9. The molecule has 0 unspecified atom stereocenters. The predicted molar refractivity (Wildman–Crippen MR) is 93.4 cm³/mol. The van der Waals surface area contributed by atoms with Crippen LogP contribution in [-0.4, -0.2) is 68.9 Å². The van der Waals surface area contributed by atoms with Crippen LogP contribution < -0.4 is 4.90 Å². The first-order valence-corrected chi connectivity index (χ1v) is 8.46. The molecular formula is C17H22N6O. The molecule has 3 heterocycles. The number of benzene rings is 1. The van der Waals surface area contributed by atoms with E-state index in [1.807, 2.05) is 35.7 Å². The summed E-state index contributed by atoms with van der Waals surface area (Å²) in [7, 11) is 0. The lowest BCUT2D eigenvalue weighted by Gasteiger charge is -2.35. The summed E-state index contributed by atoms with van der Waals surface area (Å²) in [5, 5.41) is 14.6. The minimum atomic E-state index is 0.255. The van der Waals surface area contributed by atoms with Gasteiger partial charge in [0.15, 0.2) is 5.65 Å². The molecule has 1 aliphatic rings. The molecule has 1 saturated heterocycles. The number of aryl methyl sites for hydroxylation is 1. The highest BCUT2D eigenvalue weighted by Crippen LogP contribution is 2.23. The van der Waals surface area contributed by atoms with Gasteiger partial charge in [0.2, 0.25) is 5.95 Å². The largest absolute Gasteiger partial charge is 0.396 e. The third kappa shape index (κ3) is 2.70. The molecule has 4 rings (SSSR count). The van der Waals surface area contributed by atoms with Crippen molar-refractivity contribution in [2.45, 2.75) is 13.3 Å². The van der Waals surface area contributed by atoms with Gasteiger partial charge in [0.1, 0.15) is 5.82 Å². The second-order valence-electron chi connectivity index (χ2n) is 6.23. The van der Waals surface area contributed by atoms with Crippen molar-refractivity contribution in [3.63, 3.8) is 0 Å². The highest BCUT2D eigenvalue weighted by molar-refractivity contribution is 5.92. The van der Waals surface area contributed by atoms with E-state index in [0.717, 1.165) is 67.5 Å². The topological polar surface area (TPSA) is 69.8 Å². The first-order valence-electron chi connectivity index (χ1n) is 8.46. The summed E-state index contributed by atoms with van der Waals surface area (Å²) < 4.78 is 1.88. The molecule has 0 spiro atoms. The fourth-order valence-corrected chi connectivity index (χ4v) is 3.31. The summed E-state index contributed by atoms with van der Waals surface area (Å²) in [6, 6.07) is 8.09. The van der Waals surface area contributed by atoms with E-state index in [2.05, 4.69) is 19.9 Å². The van der Waals surface area contributed by atoms with Crippen molar-refractivity contribution in [3.05, 3.63) is 30.1 Å². The molecule has 0 aliphatic carbocycles. The molecule has 0 bridgehead atoms. The molecule has 126 valence electrons. The first kappa shape index (κ1) is 15.3. The van der Waals surface area contributed by atoms with Crippen molar-refractivity contribution >= 4 is 22.5 Å². The van der Waals surface area contributed by atoms with Gasteiger partial charge in [0.05, 0.1) is 5.52 Å². The maximum atomic E-state index is 8.98. The zero-order valence-electron chi connectivity index (χ0n) is 13.9. The van der Waals surface area contributed by atoms with E-state index < -0.39 is 0 Å². The molecule has 0 amide bonds. The lowest BCUT2D eigenvalue weighted by Crippen LogP contribution is -2.47. The van der Waals surface area contributed by atoms with E-state index >= 15 is 0 Å². The first-order chi connectivity index (χ1) is 11.8. The van der Waals surface area contributed by atoms with Crippen LogP contribution in [0.5, 0.6) is 0 Å². The lowest BCUT2D eigenvalue weighted by molar-refractivity contribution is 0.215. The van der Waals surface area contributed by atoms with Crippen molar-refractivity contribution in [1.29, 1.82) is 0 Å². The maximum Gasteiger partial charge on any atom is 0.229 e. The van der Waals surface area contributed by atoms with E-state index in [-0.39, 0.29) is 6.61 Å². The number of anilines is 1. The number of piperazine rings is 1. The molecule has 3 aromatic rings. The minimum Gasteiger partial charge on any atom is -0.396 e. The van der Waals surface area contributed by atoms with Gasteiger partial charge in [-0.3, -0.25) is 4.90 Å². The number of para-hydroxylation sites is 1. The Balaban J connectivity index is 1.68. The number of aliphatic hydroxyl groups excluding tert-OH is 1. The van der Waals surface area contributed by atoms with Gasteiger partial charge in [-0.2, -0.15) is 4.52 Å². The second-order valence-corrected chi connectivity index (χ2v) is 6.23. The standard InChI is InChI=1S/C17H22N6O/c1-13-18-16-14-5-2-3-6-15(14)19-17(23(16)20-13)22-10-8-21(9-11-22)7-4-12-24/h2-3,5-6,24H,4,7-12H2,1H3. The number of aliphatic hydroxyl groups is 1. The van der Waals surface area contributed by atoms with Crippen molar-refractivity contribution < 1.29 is 5.11 Å². The van der Waals surface area contributed by atoms with Crippen LogP contribution >= 0.6 is 0 Å². The molecule has 1 aliphatic heterocycles. The molecule has 1 aromatic carbocycles. The monoisotopic (exact) mass is 326 g/mol. The molecule has 7 heteroatoms. The quantitative estimate of drug-likeness (QED) is 0.774. The summed E-state index contributed by atoms with van der Waals surface area (Å²) in [6.45, 7) is 6.89. The van der Waals surface area contributed by atoms with E-state index in [4.69, 9.17) is 10.1 Å². The number of nitrogens with zero attached hydrogens (tertiary/aromatic N) is 6. The zero-order chi connectivity index (χ0) is 16.5. The molecule has 2 aromatic heterocycles. The van der Waals surface area contributed by atoms with Gasteiger partial charge in [0, 0.05) is 44.7 Å². The van der Waals surface area contributed by atoms with Crippen LogP contribution in [0.25, 0.3) is 16.6 Å². The summed E-state index contributed by atoms with van der Waals surface area (Å²) >= 11 is 0. The normalized spacial score (nSPS) is 16.3. The van der Waals surface area contributed by atoms with Crippen LogP contribution in [0, 0.1) is 6.92 Å². The van der Waals surface area contributed by atoms with E-state index in [0.29, 0.717) is 0 Å². The molecule has 7 nitrogen and oxygen atoms in total. The molecule has 0 atom stereocenters. The van der Waals surface area contributed by atoms with Crippen LogP contribution in [0.2, 0.25) is 0 Å². The van der Waals surface area contributed by atoms with Crippen LogP contribution in [0.4, 0.5) is 5.95 Å². The third-order valence-corrected chi connectivity index (χ3v) is 4.56. The van der Waals surface area contributed by atoms with Crippen molar-refractivity contribution in [1.82, 2.24) is 24.5 Å². The van der Waals surface area contributed by atoms with Gasteiger partial charge in [-0.15, -0.1) is 5.10 Å². The van der Waals surface area contributed by atoms with E-state index in [1.165, 1.54) is 0 Å². The van der Waals surface area contributed by atoms with Crippen molar-refractivity contribution in [3.8, 4) is 0 Å². The van der Waals surface area contributed by atoms with Gasteiger partial charge in [-0.05, 0) is 25.5 Å². The number of rotatable bonds is 4. The SMILES string of the molecule is Cc1nc2c3ccccc3nc(N3CCN(CCCO)CC3)n2n1. The van der Waals surface area contributed by atoms with Gasteiger partial charge in [-0.1, -0.05) is 12.1 Å². The number of hydrogen-bond donors (Lipinski definition) is 1. The van der Waals surface area contributed by atoms with E-state index in [1.54, 1.807) is 0 Å². The average Bonchev–Trinajstić information content (AvgIpc) is 3.01. The van der Waals surface area contributed by atoms with Gasteiger partial charge < -0.3 is 10.0 Å². The van der Waals surface area contributed by atoms with Gasteiger partial charge in [-0.25, -0.2) is 9.97 Å². The molecule has 0 saturated carbocycles.